The van der Waals surface area contributed by atoms with Crippen molar-refractivity contribution in [2.24, 2.45) is 0 Å². The number of imidazole rings is 1. The molecule has 0 aromatic carbocycles. The zero-order valence-corrected chi connectivity index (χ0v) is 10.5. The van der Waals surface area contributed by atoms with Crippen LogP contribution >= 0.6 is 0 Å². The number of hydrogen-bond donors (Lipinski definition) is 1. The number of aromatic nitrogens is 3. The van der Waals surface area contributed by atoms with E-state index in [1.54, 1.807) is 0 Å². The van der Waals surface area contributed by atoms with Crippen LogP contribution in [0.1, 0.15) is 31.3 Å². The molecule has 0 aliphatic rings. The molecule has 0 fully saturated rings. The summed E-state index contributed by atoms with van der Waals surface area (Å²) >= 11 is 0. The molecule has 0 saturated carbocycles. The number of nitrogens with zero attached hydrogens (tertiary/aromatic N) is 3. The Morgan fingerprint density at radius 1 is 1.35 bits per heavy atom. The molecule has 0 bridgehead atoms. The van der Waals surface area contributed by atoms with Gasteiger partial charge in [0.05, 0.1) is 0 Å². The Bertz CT molecular complexity index is 472. The quantitative estimate of drug-likeness (QED) is 0.874. The lowest BCUT2D eigenvalue weighted by Gasteiger charge is -2.11. The first-order valence-corrected chi connectivity index (χ1v) is 5.92. The molecule has 0 amide bonds. The van der Waals surface area contributed by atoms with Crippen LogP contribution in [0.4, 0.5) is 0 Å². The Kier molecular flexibility index (Phi) is 3.54. The summed E-state index contributed by atoms with van der Waals surface area (Å²) < 4.78 is 2.02. The molecule has 90 valence electrons. The monoisotopic (exact) mass is 230 g/mol. The lowest BCUT2D eigenvalue weighted by molar-refractivity contribution is 0.649. The third-order valence-electron chi connectivity index (χ3n) is 2.98. The van der Waals surface area contributed by atoms with E-state index in [-0.39, 0.29) is 0 Å². The standard InChI is InChI=1S/C13H18N4/c1-4-12-15-7-8-17(12)13-6-5-11(9-16-13)10(2)14-3/h5-10,14H,4H2,1-3H3. The highest BCUT2D eigenvalue weighted by molar-refractivity contribution is 5.28. The zero-order valence-electron chi connectivity index (χ0n) is 10.5. The van der Waals surface area contributed by atoms with Crippen molar-refractivity contribution in [3.63, 3.8) is 0 Å². The minimum Gasteiger partial charge on any atom is -0.313 e. The van der Waals surface area contributed by atoms with Crippen LogP contribution in [0.15, 0.2) is 30.7 Å². The second-order valence-corrected chi connectivity index (χ2v) is 4.03. The van der Waals surface area contributed by atoms with Gasteiger partial charge in [-0.25, -0.2) is 9.97 Å². The molecule has 2 rings (SSSR count). The summed E-state index contributed by atoms with van der Waals surface area (Å²) in [5.41, 5.74) is 1.19. The van der Waals surface area contributed by atoms with E-state index in [0.29, 0.717) is 6.04 Å². The fraction of sp³-hybridized carbons (Fsp3) is 0.385. The summed E-state index contributed by atoms with van der Waals surface area (Å²) in [5, 5.41) is 3.20. The van der Waals surface area contributed by atoms with Gasteiger partial charge in [0.1, 0.15) is 11.6 Å². The van der Waals surface area contributed by atoms with Gasteiger partial charge in [-0.3, -0.25) is 4.57 Å². The van der Waals surface area contributed by atoms with E-state index in [0.717, 1.165) is 18.1 Å². The largest absolute Gasteiger partial charge is 0.313 e. The zero-order chi connectivity index (χ0) is 12.3. The maximum absolute atomic E-state index is 4.48. The number of aryl methyl sites for hydroxylation is 1. The van der Waals surface area contributed by atoms with Crippen molar-refractivity contribution in [2.45, 2.75) is 26.3 Å². The molecule has 4 nitrogen and oxygen atoms in total. The van der Waals surface area contributed by atoms with Gasteiger partial charge < -0.3 is 5.32 Å². The highest BCUT2D eigenvalue weighted by Gasteiger charge is 2.06. The summed E-state index contributed by atoms with van der Waals surface area (Å²) in [6, 6.07) is 4.46. The van der Waals surface area contributed by atoms with Crippen molar-refractivity contribution < 1.29 is 0 Å². The number of nitrogens with one attached hydrogen (secondary N) is 1. The lowest BCUT2D eigenvalue weighted by atomic mass is 10.1. The molecule has 2 aromatic heterocycles. The van der Waals surface area contributed by atoms with Crippen molar-refractivity contribution in [3.8, 4) is 5.82 Å². The van der Waals surface area contributed by atoms with E-state index in [4.69, 9.17) is 0 Å². The Morgan fingerprint density at radius 2 is 2.18 bits per heavy atom. The molecule has 1 atom stereocenters. The molecule has 0 aliphatic heterocycles. The molecular weight excluding hydrogens is 212 g/mol. The Morgan fingerprint density at radius 3 is 2.76 bits per heavy atom. The smallest absolute Gasteiger partial charge is 0.137 e. The molecule has 1 unspecified atom stereocenters. The number of rotatable bonds is 4. The van der Waals surface area contributed by atoms with Gasteiger partial charge in [0, 0.05) is 31.1 Å². The van der Waals surface area contributed by atoms with Crippen LogP contribution in [-0.4, -0.2) is 21.6 Å². The first kappa shape index (κ1) is 11.8. The second-order valence-electron chi connectivity index (χ2n) is 4.03. The Hall–Kier alpha value is -1.68. The fourth-order valence-corrected chi connectivity index (χ4v) is 1.77. The molecule has 17 heavy (non-hydrogen) atoms. The Balaban J connectivity index is 2.29. The fourth-order valence-electron chi connectivity index (χ4n) is 1.77. The second kappa shape index (κ2) is 5.10. The van der Waals surface area contributed by atoms with Crippen LogP contribution in [-0.2, 0) is 6.42 Å². The summed E-state index contributed by atoms with van der Waals surface area (Å²) in [6.45, 7) is 4.21. The van der Waals surface area contributed by atoms with Gasteiger partial charge in [0.15, 0.2) is 0 Å². The van der Waals surface area contributed by atoms with Gasteiger partial charge in [-0.1, -0.05) is 13.0 Å². The minimum absolute atomic E-state index is 0.324. The highest BCUT2D eigenvalue weighted by atomic mass is 15.1. The van der Waals surface area contributed by atoms with E-state index in [9.17, 15) is 0 Å². The van der Waals surface area contributed by atoms with Crippen molar-refractivity contribution >= 4 is 0 Å². The minimum atomic E-state index is 0.324. The Labute approximate surface area is 102 Å². The summed E-state index contributed by atoms with van der Waals surface area (Å²) in [5.74, 6) is 1.96. The maximum Gasteiger partial charge on any atom is 0.137 e. The molecule has 0 aliphatic carbocycles. The van der Waals surface area contributed by atoms with E-state index in [1.165, 1.54) is 5.56 Å². The van der Waals surface area contributed by atoms with Crippen LogP contribution < -0.4 is 5.32 Å². The third-order valence-corrected chi connectivity index (χ3v) is 2.98. The molecule has 2 heterocycles. The number of hydrogen-bond acceptors (Lipinski definition) is 3. The SMILES string of the molecule is CCc1nccn1-c1ccc(C(C)NC)cn1. The maximum atomic E-state index is 4.48. The molecule has 1 N–H and O–H groups in total. The topological polar surface area (TPSA) is 42.7 Å². The lowest BCUT2D eigenvalue weighted by Crippen LogP contribution is -2.12. The van der Waals surface area contributed by atoms with Crippen LogP contribution in [0.25, 0.3) is 5.82 Å². The van der Waals surface area contributed by atoms with Gasteiger partial charge in [0.2, 0.25) is 0 Å². The van der Waals surface area contributed by atoms with E-state index in [1.807, 2.05) is 36.3 Å². The normalized spacial score (nSPS) is 12.6. The van der Waals surface area contributed by atoms with Crippen LogP contribution in [0.5, 0.6) is 0 Å². The van der Waals surface area contributed by atoms with E-state index in [2.05, 4.69) is 35.2 Å². The molecular formula is C13H18N4. The first-order valence-electron chi connectivity index (χ1n) is 5.92. The van der Waals surface area contributed by atoms with Gasteiger partial charge in [-0.15, -0.1) is 0 Å². The predicted molar refractivity (Wildman–Crippen MR) is 68.2 cm³/mol. The summed E-state index contributed by atoms with van der Waals surface area (Å²) in [7, 11) is 1.95. The first-order chi connectivity index (χ1) is 8.26. The van der Waals surface area contributed by atoms with E-state index < -0.39 is 0 Å². The molecule has 4 heteroatoms. The van der Waals surface area contributed by atoms with Crippen LogP contribution in [0.2, 0.25) is 0 Å². The van der Waals surface area contributed by atoms with Gasteiger partial charge in [-0.2, -0.15) is 0 Å². The van der Waals surface area contributed by atoms with Crippen LogP contribution in [0, 0.1) is 0 Å². The molecule has 0 spiro atoms. The van der Waals surface area contributed by atoms with Gasteiger partial charge in [-0.05, 0) is 25.6 Å². The molecule has 0 radical (unpaired) electrons. The van der Waals surface area contributed by atoms with Crippen molar-refractivity contribution in [1.29, 1.82) is 0 Å². The molecule has 0 saturated heterocycles. The summed E-state index contributed by atoms with van der Waals surface area (Å²) in [6.07, 6.45) is 6.58. The van der Waals surface area contributed by atoms with Crippen molar-refractivity contribution in [3.05, 3.63) is 42.1 Å². The highest BCUT2D eigenvalue weighted by Crippen LogP contribution is 2.13. The number of pyridine rings is 1. The average Bonchev–Trinajstić information content (AvgIpc) is 2.86. The average molecular weight is 230 g/mol. The van der Waals surface area contributed by atoms with E-state index >= 15 is 0 Å². The van der Waals surface area contributed by atoms with Crippen molar-refractivity contribution in [1.82, 2.24) is 19.9 Å². The summed E-state index contributed by atoms with van der Waals surface area (Å²) in [4.78, 5) is 8.78. The third kappa shape index (κ3) is 2.36. The van der Waals surface area contributed by atoms with Gasteiger partial charge >= 0.3 is 0 Å². The molecule has 2 aromatic rings. The van der Waals surface area contributed by atoms with Crippen LogP contribution in [0.3, 0.4) is 0 Å². The predicted octanol–water partition coefficient (Wildman–Crippen LogP) is 2.11. The van der Waals surface area contributed by atoms with Gasteiger partial charge in [0.25, 0.3) is 0 Å². The van der Waals surface area contributed by atoms with Crippen molar-refractivity contribution in [2.75, 3.05) is 7.05 Å².